The predicted molar refractivity (Wildman–Crippen MR) is 126 cm³/mol. The summed E-state index contributed by atoms with van der Waals surface area (Å²) in [7, 11) is 0. The molecule has 3 heterocycles. The van der Waals surface area contributed by atoms with Crippen LogP contribution in [0, 0.1) is 6.92 Å². The van der Waals surface area contributed by atoms with Crippen LogP contribution in [0.25, 0.3) is 5.76 Å². The number of anilines is 1. The Morgan fingerprint density at radius 1 is 1.15 bits per heavy atom. The Morgan fingerprint density at radius 3 is 2.64 bits per heavy atom. The van der Waals surface area contributed by atoms with Gasteiger partial charge in [-0.2, -0.15) is 0 Å². The number of benzene rings is 2. The van der Waals surface area contributed by atoms with Crippen LogP contribution in [0.3, 0.4) is 0 Å². The van der Waals surface area contributed by atoms with Crippen LogP contribution in [-0.2, 0) is 16.0 Å². The van der Waals surface area contributed by atoms with E-state index in [9.17, 15) is 14.7 Å². The fourth-order valence-electron chi connectivity index (χ4n) is 4.14. The summed E-state index contributed by atoms with van der Waals surface area (Å²) in [6, 6.07) is 9.08. The average molecular weight is 502 g/mol. The van der Waals surface area contributed by atoms with Crippen molar-refractivity contribution < 1.29 is 19.4 Å². The summed E-state index contributed by atoms with van der Waals surface area (Å²) in [5, 5.41) is 20.8. The molecule has 33 heavy (non-hydrogen) atoms. The van der Waals surface area contributed by atoms with Gasteiger partial charge in [-0.05, 0) is 55.3 Å². The van der Waals surface area contributed by atoms with Crippen molar-refractivity contribution in [2.75, 3.05) is 4.90 Å². The second-order valence-corrected chi connectivity index (χ2v) is 9.88. The van der Waals surface area contributed by atoms with Gasteiger partial charge in [0.2, 0.25) is 5.13 Å². The number of aromatic nitrogens is 2. The molecule has 7 nitrogen and oxygen atoms in total. The van der Waals surface area contributed by atoms with Gasteiger partial charge in [0.1, 0.15) is 22.6 Å². The van der Waals surface area contributed by atoms with Crippen LogP contribution in [0.2, 0.25) is 10.0 Å². The Balaban J connectivity index is 1.70. The fraction of sp³-hybridized carbons (Fsp3) is 0.217. The molecule has 0 spiro atoms. The average Bonchev–Trinajstić information content (AvgIpc) is 3.44. The highest BCUT2D eigenvalue weighted by Gasteiger charge is 2.48. The van der Waals surface area contributed by atoms with E-state index in [4.69, 9.17) is 27.9 Å². The largest absolute Gasteiger partial charge is 0.507 e. The standard InChI is InChI=1S/C23H17Cl2N3O4S/c1-10-7-14-8-13(4-6-17(14)32-10)20(29)18-19(12-3-5-15(24)16(25)9-12)28(22(31)21(18)30)23-27-26-11(2)33-23/h3-6,8-10,19,29H,7H2,1-2H3/t10-,19-/m0/s1. The van der Waals surface area contributed by atoms with Crippen LogP contribution < -0.4 is 9.64 Å². The van der Waals surface area contributed by atoms with E-state index in [1.54, 1.807) is 43.3 Å². The molecule has 3 aromatic rings. The molecule has 0 aliphatic carbocycles. The van der Waals surface area contributed by atoms with Gasteiger partial charge >= 0.3 is 5.91 Å². The number of hydrogen-bond acceptors (Lipinski definition) is 7. The Kier molecular flexibility index (Phi) is 5.39. The van der Waals surface area contributed by atoms with Crippen molar-refractivity contribution in [1.29, 1.82) is 0 Å². The second kappa shape index (κ2) is 8.13. The number of carbonyl (C=O) groups is 2. The molecule has 2 aromatic carbocycles. The molecule has 2 aliphatic rings. The van der Waals surface area contributed by atoms with Gasteiger partial charge in [0.05, 0.1) is 21.7 Å². The first-order chi connectivity index (χ1) is 15.7. The molecule has 0 bridgehead atoms. The summed E-state index contributed by atoms with van der Waals surface area (Å²) in [6.07, 6.45) is 0.713. The van der Waals surface area contributed by atoms with Crippen LogP contribution in [0.5, 0.6) is 5.75 Å². The molecule has 2 aliphatic heterocycles. The number of fused-ring (bicyclic) bond motifs is 1. The highest BCUT2D eigenvalue weighted by Crippen LogP contribution is 2.44. The first kappa shape index (κ1) is 21.9. The van der Waals surface area contributed by atoms with E-state index in [1.165, 1.54) is 16.2 Å². The third-order valence-corrected chi connectivity index (χ3v) is 7.17. The van der Waals surface area contributed by atoms with Crippen molar-refractivity contribution in [3.63, 3.8) is 0 Å². The number of Topliss-reactive ketones (excluding diaryl/α,β-unsaturated/α-hetero) is 1. The number of carbonyl (C=O) groups excluding carboxylic acids is 2. The SMILES string of the molecule is Cc1nnc(N2C(=O)C(=O)C(=C(O)c3ccc4c(c3)C[C@H](C)O4)[C@@H]2c2ccc(Cl)c(Cl)c2)s1. The highest BCUT2D eigenvalue weighted by atomic mass is 35.5. The summed E-state index contributed by atoms with van der Waals surface area (Å²) in [5.41, 5.74) is 1.80. The second-order valence-electron chi connectivity index (χ2n) is 7.90. The molecule has 1 fully saturated rings. The number of ketones is 1. The van der Waals surface area contributed by atoms with Gasteiger partial charge in [-0.1, -0.05) is 40.6 Å². The van der Waals surface area contributed by atoms with Crippen LogP contribution in [-0.4, -0.2) is 33.1 Å². The number of amides is 1. The number of aryl methyl sites for hydroxylation is 1. The van der Waals surface area contributed by atoms with Crippen LogP contribution in [0.15, 0.2) is 42.0 Å². The maximum Gasteiger partial charge on any atom is 0.301 e. The van der Waals surface area contributed by atoms with Crippen LogP contribution in [0.1, 0.15) is 34.7 Å². The topological polar surface area (TPSA) is 92.6 Å². The molecule has 168 valence electrons. The summed E-state index contributed by atoms with van der Waals surface area (Å²) in [6.45, 7) is 3.71. The number of nitrogens with zero attached hydrogens (tertiary/aromatic N) is 3. The molecule has 5 rings (SSSR count). The van der Waals surface area contributed by atoms with E-state index >= 15 is 0 Å². The van der Waals surface area contributed by atoms with Crippen molar-refractivity contribution in [1.82, 2.24) is 10.2 Å². The zero-order chi connectivity index (χ0) is 23.4. The monoisotopic (exact) mass is 501 g/mol. The molecule has 2 atom stereocenters. The number of aliphatic hydroxyl groups excluding tert-OH is 1. The van der Waals surface area contributed by atoms with Crippen LogP contribution in [0.4, 0.5) is 5.13 Å². The van der Waals surface area contributed by atoms with Gasteiger partial charge < -0.3 is 9.84 Å². The molecule has 1 saturated heterocycles. The molecule has 0 radical (unpaired) electrons. The van der Waals surface area contributed by atoms with E-state index in [1.807, 2.05) is 6.92 Å². The molecule has 1 amide bonds. The molecule has 1 N–H and O–H groups in total. The summed E-state index contributed by atoms with van der Waals surface area (Å²) in [4.78, 5) is 27.6. The van der Waals surface area contributed by atoms with E-state index in [-0.39, 0.29) is 27.6 Å². The minimum atomic E-state index is -0.949. The Morgan fingerprint density at radius 2 is 1.94 bits per heavy atom. The summed E-state index contributed by atoms with van der Waals surface area (Å²) in [5.74, 6) is -1.16. The zero-order valence-corrected chi connectivity index (χ0v) is 19.8. The van der Waals surface area contributed by atoms with Crippen LogP contribution >= 0.6 is 34.5 Å². The van der Waals surface area contributed by atoms with Crippen molar-refractivity contribution in [3.05, 3.63) is 73.7 Å². The first-order valence-corrected chi connectivity index (χ1v) is 11.7. The highest BCUT2D eigenvalue weighted by molar-refractivity contribution is 7.15. The Labute approximate surface area is 203 Å². The number of ether oxygens (including phenoxy) is 1. The van der Waals surface area contributed by atoms with E-state index in [0.29, 0.717) is 27.6 Å². The van der Waals surface area contributed by atoms with Crippen molar-refractivity contribution in [2.24, 2.45) is 0 Å². The predicted octanol–water partition coefficient (Wildman–Crippen LogP) is 5.10. The minimum Gasteiger partial charge on any atom is -0.507 e. The molecule has 0 saturated carbocycles. The number of rotatable bonds is 3. The third-order valence-electron chi connectivity index (χ3n) is 5.59. The van der Waals surface area contributed by atoms with E-state index in [0.717, 1.165) is 11.3 Å². The number of aliphatic hydroxyl groups is 1. The van der Waals surface area contributed by atoms with Gasteiger partial charge in [0.25, 0.3) is 5.78 Å². The first-order valence-electron chi connectivity index (χ1n) is 10.1. The molecule has 0 unspecified atom stereocenters. The number of hydrogen-bond donors (Lipinski definition) is 1. The van der Waals surface area contributed by atoms with E-state index in [2.05, 4.69) is 10.2 Å². The Bertz CT molecular complexity index is 1350. The molecule has 10 heteroatoms. The minimum absolute atomic E-state index is 0.0276. The quantitative estimate of drug-likeness (QED) is 0.304. The maximum atomic E-state index is 13.2. The van der Waals surface area contributed by atoms with Crippen molar-refractivity contribution in [2.45, 2.75) is 32.4 Å². The maximum absolute atomic E-state index is 13.2. The molecular formula is C23H17Cl2N3O4S. The lowest BCUT2D eigenvalue weighted by molar-refractivity contribution is -0.132. The smallest absolute Gasteiger partial charge is 0.301 e. The van der Waals surface area contributed by atoms with Crippen molar-refractivity contribution in [3.8, 4) is 5.75 Å². The summed E-state index contributed by atoms with van der Waals surface area (Å²) >= 11 is 13.5. The van der Waals surface area contributed by atoms with Gasteiger partial charge in [-0.15, -0.1) is 10.2 Å². The normalized spacial score (nSPS) is 21.4. The van der Waals surface area contributed by atoms with Gasteiger partial charge in [-0.25, -0.2) is 0 Å². The van der Waals surface area contributed by atoms with Gasteiger partial charge in [-0.3, -0.25) is 14.5 Å². The lowest BCUT2D eigenvalue weighted by atomic mass is 9.94. The van der Waals surface area contributed by atoms with Gasteiger partial charge in [0.15, 0.2) is 0 Å². The van der Waals surface area contributed by atoms with Crippen molar-refractivity contribution >= 4 is 57.1 Å². The van der Waals surface area contributed by atoms with E-state index < -0.39 is 17.7 Å². The molecular weight excluding hydrogens is 485 g/mol. The summed E-state index contributed by atoms with van der Waals surface area (Å²) < 4.78 is 5.73. The lowest BCUT2D eigenvalue weighted by Gasteiger charge is -2.23. The molecule has 1 aromatic heterocycles. The fourth-order valence-corrected chi connectivity index (χ4v) is 5.16. The zero-order valence-electron chi connectivity index (χ0n) is 17.5. The third kappa shape index (κ3) is 3.68. The van der Waals surface area contributed by atoms with Gasteiger partial charge in [0, 0.05) is 12.0 Å². The Hall–Kier alpha value is -2.94. The lowest BCUT2D eigenvalue weighted by Crippen LogP contribution is -2.29. The number of halogens is 2.